The first kappa shape index (κ1) is 7.53. The average molecular weight is 178 g/mol. The Bertz CT molecular complexity index is 417. The maximum atomic E-state index is 10.5. The van der Waals surface area contributed by atoms with Crippen molar-refractivity contribution >= 4 is 5.97 Å². The molecule has 0 saturated heterocycles. The Labute approximate surface area is 72.6 Å². The summed E-state index contributed by atoms with van der Waals surface area (Å²) in [6.45, 7) is 0. The number of aromatic carboxylic acids is 1. The summed E-state index contributed by atoms with van der Waals surface area (Å²) in [7, 11) is 0. The van der Waals surface area contributed by atoms with Crippen molar-refractivity contribution < 1.29 is 9.90 Å². The molecule has 2 aromatic rings. The van der Waals surface area contributed by atoms with E-state index in [1.54, 1.807) is 12.4 Å². The predicted octanol–water partition coefficient (Wildman–Crippen LogP) is 0.498. The van der Waals surface area contributed by atoms with Gasteiger partial charge in [0.25, 0.3) is 0 Å². The molecule has 0 spiro atoms. The first-order valence-electron chi connectivity index (χ1n) is 3.55. The van der Waals surface area contributed by atoms with Crippen molar-refractivity contribution in [3.05, 3.63) is 24.3 Å². The normalized spacial score (nSPS) is 10.2. The van der Waals surface area contributed by atoms with E-state index in [-0.39, 0.29) is 5.69 Å². The molecule has 6 nitrogen and oxygen atoms in total. The average Bonchev–Trinajstić information content (AvgIpc) is 2.75. The summed E-state index contributed by atoms with van der Waals surface area (Å²) < 4.78 is 0. The maximum Gasteiger partial charge on any atom is 0.353 e. The Morgan fingerprint density at radius 1 is 1.46 bits per heavy atom. The fourth-order valence-electron chi connectivity index (χ4n) is 0.957. The third-order valence-corrected chi connectivity index (χ3v) is 1.58. The minimum atomic E-state index is -1.03. The summed E-state index contributed by atoms with van der Waals surface area (Å²) >= 11 is 0. The summed E-state index contributed by atoms with van der Waals surface area (Å²) in [5.41, 5.74) is 0.795. The van der Waals surface area contributed by atoms with E-state index in [1.807, 2.05) is 0 Å². The smallest absolute Gasteiger partial charge is 0.353 e. The van der Waals surface area contributed by atoms with Crippen LogP contribution in [0.3, 0.4) is 0 Å². The van der Waals surface area contributed by atoms with E-state index in [1.165, 1.54) is 6.20 Å². The first-order valence-corrected chi connectivity index (χ1v) is 3.55. The second-order valence-electron chi connectivity index (χ2n) is 2.44. The molecule has 2 rings (SSSR count). The number of carbonyl (C=O) groups is 1. The Balaban J connectivity index is 2.39. The summed E-state index contributed by atoms with van der Waals surface area (Å²) in [5, 5.41) is 14.9. The number of hydrogen-bond acceptors (Lipinski definition) is 3. The largest absolute Gasteiger partial charge is 0.477 e. The predicted molar refractivity (Wildman–Crippen MR) is 43.1 cm³/mol. The van der Waals surface area contributed by atoms with Crippen LogP contribution in [-0.2, 0) is 0 Å². The number of nitrogens with one attached hydrogen (secondary N) is 2. The van der Waals surface area contributed by atoms with E-state index in [2.05, 4.69) is 20.2 Å². The van der Waals surface area contributed by atoms with E-state index in [0.29, 0.717) is 5.82 Å². The van der Waals surface area contributed by atoms with Gasteiger partial charge >= 0.3 is 5.97 Å². The van der Waals surface area contributed by atoms with Gasteiger partial charge in [-0.25, -0.2) is 9.78 Å². The Morgan fingerprint density at radius 2 is 2.31 bits per heavy atom. The highest BCUT2D eigenvalue weighted by atomic mass is 16.4. The number of nitrogens with zero attached hydrogens (tertiary/aromatic N) is 2. The summed E-state index contributed by atoms with van der Waals surface area (Å²) in [5.74, 6) is -0.534. The van der Waals surface area contributed by atoms with Gasteiger partial charge in [0, 0.05) is 6.20 Å². The third kappa shape index (κ3) is 1.28. The number of carboxylic acid groups (broad SMARTS) is 1. The molecule has 3 N–H and O–H groups in total. The van der Waals surface area contributed by atoms with E-state index in [0.717, 1.165) is 5.56 Å². The van der Waals surface area contributed by atoms with Gasteiger partial charge in [-0.3, -0.25) is 5.10 Å². The van der Waals surface area contributed by atoms with E-state index < -0.39 is 5.97 Å². The van der Waals surface area contributed by atoms with E-state index in [9.17, 15) is 4.79 Å². The zero-order chi connectivity index (χ0) is 9.26. The fraction of sp³-hybridized carbons (Fsp3) is 0. The van der Waals surface area contributed by atoms with Crippen LogP contribution >= 0.6 is 0 Å². The summed E-state index contributed by atoms with van der Waals surface area (Å²) in [4.78, 5) is 17.0. The van der Waals surface area contributed by atoms with Crippen LogP contribution in [0.25, 0.3) is 11.4 Å². The maximum absolute atomic E-state index is 10.5. The zero-order valence-corrected chi connectivity index (χ0v) is 6.48. The molecule has 0 saturated carbocycles. The van der Waals surface area contributed by atoms with Gasteiger partial charge in [-0.05, 0) is 0 Å². The van der Waals surface area contributed by atoms with Crippen molar-refractivity contribution in [3.63, 3.8) is 0 Å². The lowest BCUT2D eigenvalue weighted by molar-refractivity contribution is 0.0691. The molecule has 0 aliphatic heterocycles. The monoisotopic (exact) mass is 178 g/mol. The van der Waals surface area contributed by atoms with Crippen molar-refractivity contribution in [2.45, 2.75) is 0 Å². The number of rotatable bonds is 2. The Morgan fingerprint density at radius 3 is 2.85 bits per heavy atom. The molecular formula is C7H6N4O2. The number of hydrogen-bond donors (Lipinski definition) is 3. The van der Waals surface area contributed by atoms with Crippen LogP contribution in [-0.4, -0.2) is 31.2 Å². The van der Waals surface area contributed by atoms with Gasteiger partial charge in [0.1, 0.15) is 11.5 Å². The van der Waals surface area contributed by atoms with E-state index in [4.69, 9.17) is 5.11 Å². The fourth-order valence-corrected chi connectivity index (χ4v) is 0.957. The van der Waals surface area contributed by atoms with Crippen LogP contribution < -0.4 is 0 Å². The minimum Gasteiger partial charge on any atom is -0.477 e. The van der Waals surface area contributed by atoms with Gasteiger partial charge in [0.05, 0.1) is 18.0 Å². The number of aromatic nitrogens is 4. The molecule has 0 radical (unpaired) electrons. The van der Waals surface area contributed by atoms with Gasteiger partial charge in [-0.2, -0.15) is 5.10 Å². The highest BCUT2D eigenvalue weighted by Gasteiger charge is 2.08. The second-order valence-corrected chi connectivity index (χ2v) is 2.44. The molecule has 0 bridgehead atoms. The lowest BCUT2D eigenvalue weighted by atomic mass is 10.3. The summed E-state index contributed by atoms with van der Waals surface area (Å²) in [6.07, 6.45) is 4.46. The van der Waals surface area contributed by atoms with Crippen LogP contribution in [0.4, 0.5) is 0 Å². The molecule has 13 heavy (non-hydrogen) atoms. The van der Waals surface area contributed by atoms with Gasteiger partial charge in [-0.1, -0.05) is 0 Å². The van der Waals surface area contributed by atoms with Crippen LogP contribution in [0, 0.1) is 0 Å². The Hall–Kier alpha value is -2.11. The van der Waals surface area contributed by atoms with Crippen molar-refractivity contribution in [3.8, 4) is 11.4 Å². The minimum absolute atomic E-state index is 0.0659. The van der Waals surface area contributed by atoms with Crippen LogP contribution in [0.2, 0.25) is 0 Å². The summed E-state index contributed by atoms with van der Waals surface area (Å²) in [6, 6.07) is 0. The molecule has 0 aliphatic carbocycles. The number of aromatic amines is 2. The van der Waals surface area contributed by atoms with Gasteiger partial charge in [0.2, 0.25) is 0 Å². The molecule has 0 aromatic carbocycles. The number of imidazole rings is 1. The molecule has 6 heteroatoms. The lowest BCUT2D eigenvalue weighted by Gasteiger charge is -1.87. The van der Waals surface area contributed by atoms with Gasteiger partial charge < -0.3 is 10.1 Å². The topological polar surface area (TPSA) is 94.7 Å². The molecule has 0 fully saturated rings. The molecule has 66 valence electrons. The number of carboxylic acids is 1. The van der Waals surface area contributed by atoms with Crippen LogP contribution in [0.1, 0.15) is 10.5 Å². The van der Waals surface area contributed by atoms with Gasteiger partial charge in [0.15, 0.2) is 0 Å². The SMILES string of the molecule is O=C(O)c1cnc(-c2cn[nH]c2)[nH]1. The molecule has 0 aliphatic rings. The molecular weight excluding hydrogens is 172 g/mol. The standard InChI is InChI=1S/C7H6N4O2/c12-7(13)5-3-8-6(11-5)4-1-9-10-2-4/h1-3H,(H,8,11)(H,9,10)(H,12,13). The highest BCUT2D eigenvalue weighted by Crippen LogP contribution is 2.12. The lowest BCUT2D eigenvalue weighted by Crippen LogP contribution is -1.95. The van der Waals surface area contributed by atoms with Gasteiger partial charge in [-0.15, -0.1) is 0 Å². The van der Waals surface area contributed by atoms with Crippen LogP contribution in [0.5, 0.6) is 0 Å². The van der Waals surface area contributed by atoms with Crippen molar-refractivity contribution in [1.29, 1.82) is 0 Å². The Kier molecular flexibility index (Phi) is 1.59. The van der Waals surface area contributed by atoms with Crippen molar-refractivity contribution in [2.24, 2.45) is 0 Å². The highest BCUT2D eigenvalue weighted by molar-refractivity contribution is 5.85. The van der Waals surface area contributed by atoms with Crippen LogP contribution in [0.15, 0.2) is 18.6 Å². The second kappa shape index (κ2) is 2.74. The third-order valence-electron chi connectivity index (χ3n) is 1.58. The van der Waals surface area contributed by atoms with E-state index >= 15 is 0 Å². The number of H-pyrrole nitrogens is 2. The first-order chi connectivity index (χ1) is 6.27. The molecule has 0 unspecified atom stereocenters. The molecule has 0 atom stereocenters. The molecule has 2 aromatic heterocycles. The van der Waals surface area contributed by atoms with Crippen molar-refractivity contribution in [1.82, 2.24) is 20.2 Å². The van der Waals surface area contributed by atoms with Crippen molar-refractivity contribution in [2.75, 3.05) is 0 Å². The zero-order valence-electron chi connectivity index (χ0n) is 6.48. The molecule has 2 heterocycles. The quantitative estimate of drug-likeness (QED) is 0.623. The molecule has 0 amide bonds.